The fraction of sp³-hybridized carbons (Fsp3) is 1.00. The number of hydrogen-bond acceptors (Lipinski definition) is 2. The molecule has 0 unspecified atom stereocenters. The Balaban J connectivity index is 0.00000220. The predicted molar refractivity (Wildman–Crippen MR) is 102 cm³/mol. The molecular formula is C18H38Cl2N2. The minimum absolute atomic E-state index is 0. The van der Waals surface area contributed by atoms with Crippen molar-refractivity contribution in [2.24, 2.45) is 16.6 Å². The first-order chi connectivity index (χ1) is 9.67. The normalized spacial score (nSPS) is 23.0. The first kappa shape index (κ1) is 22.5. The SMILES string of the molecule is CCCC1(CCC)CCC2(CCN(CCCN)C2)CC1.Cl.Cl. The van der Waals surface area contributed by atoms with E-state index in [4.69, 9.17) is 5.73 Å². The fourth-order valence-corrected chi connectivity index (χ4v) is 4.94. The van der Waals surface area contributed by atoms with Crippen molar-refractivity contribution in [2.75, 3.05) is 26.2 Å². The number of halogens is 2. The quantitative estimate of drug-likeness (QED) is 0.695. The van der Waals surface area contributed by atoms with Crippen molar-refractivity contribution in [2.45, 2.75) is 78.1 Å². The first-order valence-corrected chi connectivity index (χ1v) is 9.10. The third kappa shape index (κ3) is 5.54. The topological polar surface area (TPSA) is 29.3 Å². The highest BCUT2D eigenvalue weighted by Gasteiger charge is 2.44. The van der Waals surface area contributed by atoms with E-state index in [1.165, 1.54) is 83.8 Å². The van der Waals surface area contributed by atoms with Gasteiger partial charge in [0.1, 0.15) is 0 Å². The molecule has 0 atom stereocenters. The molecule has 0 amide bonds. The zero-order valence-corrected chi connectivity index (χ0v) is 16.4. The number of nitrogens with two attached hydrogens (primary N) is 1. The molecule has 0 aromatic carbocycles. The maximum absolute atomic E-state index is 5.65. The number of nitrogens with zero attached hydrogens (tertiary/aromatic N) is 1. The van der Waals surface area contributed by atoms with Crippen LogP contribution in [0.1, 0.15) is 78.1 Å². The van der Waals surface area contributed by atoms with Crippen LogP contribution in [0.3, 0.4) is 0 Å². The summed E-state index contributed by atoms with van der Waals surface area (Å²) in [6, 6.07) is 0. The largest absolute Gasteiger partial charge is 0.330 e. The van der Waals surface area contributed by atoms with Crippen molar-refractivity contribution in [3.63, 3.8) is 0 Å². The Morgan fingerprint density at radius 1 is 0.909 bits per heavy atom. The van der Waals surface area contributed by atoms with Gasteiger partial charge in [0.15, 0.2) is 0 Å². The molecule has 0 radical (unpaired) electrons. The summed E-state index contributed by atoms with van der Waals surface area (Å²) in [7, 11) is 0. The number of likely N-dealkylation sites (tertiary alicyclic amines) is 1. The fourth-order valence-electron chi connectivity index (χ4n) is 4.94. The molecule has 2 fully saturated rings. The van der Waals surface area contributed by atoms with Crippen molar-refractivity contribution in [3.8, 4) is 0 Å². The molecule has 2 nitrogen and oxygen atoms in total. The van der Waals surface area contributed by atoms with E-state index < -0.39 is 0 Å². The van der Waals surface area contributed by atoms with Crippen LogP contribution in [0.4, 0.5) is 0 Å². The van der Waals surface area contributed by atoms with Crippen molar-refractivity contribution >= 4 is 24.8 Å². The van der Waals surface area contributed by atoms with Crippen LogP contribution in [-0.2, 0) is 0 Å². The summed E-state index contributed by atoms with van der Waals surface area (Å²) in [5.41, 5.74) is 7.04. The highest BCUT2D eigenvalue weighted by Crippen LogP contribution is 2.53. The minimum Gasteiger partial charge on any atom is -0.330 e. The Morgan fingerprint density at radius 3 is 2.00 bits per heavy atom. The molecule has 1 saturated heterocycles. The van der Waals surface area contributed by atoms with E-state index >= 15 is 0 Å². The highest BCUT2D eigenvalue weighted by atomic mass is 35.5. The van der Waals surface area contributed by atoms with Gasteiger partial charge >= 0.3 is 0 Å². The average Bonchev–Trinajstić information content (AvgIpc) is 2.85. The summed E-state index contributed by atoms with van der Waals surface area (Å²) >= 11 is 0. The summed E-state index contributed by atoms with van der Waals surface area (Å²) in [6.07, 6.45) is 14.3. The second-order valence-electron chi connectivity index (χ2n) is 7.67. The molecule has 2 N–H and O–H groups in total. The average molecular weight is 353 g/mol. The van der Waals surface area contributed by atoms with Gasteiger partial charge in [0.25, 0.3) is 0 Å². The highest BCUT2D eigenvalue weighted by molar-refractivity contribution is 5.85. The van der Waals surface area contributed by atoms with Gasteiger partial charge < -0.3 is 10.6 Å². The van der Waals surface area contributed by atoms with E-state index in [0.717, 1.165) is 6.54 Å². The van der Waals surface area contributed by atoms with E-state index in [-0.39, 0.29) is 24.8 Å². The van der Waals surface area contributed by atoms with Crippen LogP contribution in [0.25, 0.3) is 0 Å². The van der Waals surface area contributed by atoms with Crippen molar-refractivity contribution in [1.82, 2.24) is 4.90 Å². The smallest absolute Gasteiger partial charge is 0.00385 e. The van der Waals surface area contributed by atoms with Crippen LogP contribution in [0.15, 0.2) is 0 Å². The van der Waals surface area contributed by atoms with Gasteiger partial charge in [0.2, 0.25) is 0 Å². The number of rotatable bonds is 7. The van der Waals surface area contributed by atoms with Crippen molar-refractivity contribution < 1.29 is 0 Å². The van der Waals surface area contributed by atoms with Gasteiger partial charge in [-0.15, -0.1) is 24.8 Å². The van der Waals surface area contributed by atoms with Crippen LogP contribution < -0.4 is 5.73 Å². The second kappa shape index (κ2) is 10.4. The molecule has 1 heterocycles. The van der Waals surface area contributed by atoms with Crippen LogP contribution in [-0.4, -0.2) is 31.1 Å². The zero-order valence-electron chi connectivity index (χ0n) is 14.7. The van der Waals surface area contributed by atoms with Gasteiger partial charge in [0, 0.05) is 6.54 Å². The lowest BCUT2D eigenvalue weighted by Gasteiger charge is -2.45. The molecule has 4 heteroatoms. The van der Waals surface area contributed by atoms with Gasteiger partial charge in [-0.25, -0.2) is 0 Å². The Kier molecular flexibility index (Phi) is 10.6. The van der Waals surface area contributed by atoms with Gasteiger partial charge in [-0.1, -0.05) is 26.7 Å². The monoisotopic (exact) mass is 352 g/mol. The summed E-state index contributed by atoms with van der Waals surface area (Å²) < 4.78 is 0. The molecule has 1 saturated carbocycles. The van der Waals surface area contributed by atoms with E-state index in [1.54, 1.807) is 0 Å². The van der Waals surface area contributed by atoms with Gasteiger partial charge in [0.05, 0.1) is 0 Å². The van der Waals surface area contributed by atoms with Crippen LogP contribution in [0.5, 0.6) is 0 Å². The Labute approximate surface area is 150 Å². The van der Waals surface area contributed by atoms with Gasteiger partial charge in [-0.05, 0) is 81.8 Å². The summed E-state index contributed by atoms with van der Waals surface area (Å²) in [5.74, 6) is 0. The molecule has 1 spiro atoms. The summed E-state index contributed by atoms with van der Waals surface area (Å²) in [5, 5.41) is 0. The van der Waals surface area contributed by atoms with Crippen molar-refractivity contribution in [3.05, 3.63) is 0 Å². The summed E-state index contributed by atoms with van der Waals surface area (Å²) in [4.78, 5) is 2.68. The molecule has 0 aromatic heterocycles. The summed E-state index contributed by atoms with van der Waals surface area (Å²) in [6.45, 7) is 9.50. The lowest BCUT2D eigenvalue weighted by atomic mass is 9.60. The molecule has 2 rings (SSSR count). The molecule has 134 valence electrons. The molecule has 2 aliphatic rings. The maximum atomic E-state index is 5.65. The van der Waals surface area contributed by atoms with Crippen LogP contribution in [0, 0.1) is 10.8 Å². The molecular weight excluding hydrogens is 315 g/mol. The van der Waals surface area contributed by atoms with E-state index in [2.05, 4.69) is 18.7 Å². The standard InChI is InChI=1S/C18H36N2.2ClH/c1-3-6-17(7-4-2)8-10-18(11-9-17)12-15-20(16-18)14-5-13-19;;/h3-16,19H2,1-2H3;2*1H. The Bertz CT molecular complexity index is 281. The second-order valence-corrected chi connectivity index (χ2v) is 7.67. The third-order valence-corrected chi connectivity index (χ3v) is 6.13. The van der Waals surface area contributed by atoms with Crippen LogP contribution in [0.2, 0.25) is 0 Å². The first-order valence-electron chi connectivity index (χ1n) is 9.10. The predicted octanol–water partition coefficient (Wildman–Crippen LogP) is 5.03. The number of hydrogen-bond donors (Lipinski definition) is 1. The molecule has 1 aliphatic carbocycles. The Hall–Kier alpha value is 0.500. The third-order valence-electron chi connectivity index (χ3n) is 6.13. The van der Waals surface area contributed by atoms with Gasteiger partial charge in [-0.2, -0.15) is 0 Å². The van der Waals surface area contributed by atoms with E-state index in [1.807, 2.05) is 0 Å². The molecule has 22 heavy (non-hydrogen) atoms. The Morgan fingerprint density at radius 2 is 1.50 bits per heavy atom. The van der Waals surface area contributed by atoms with Crippen LogP contribution >= 0.6 is 24.8 Å². The van der Waals surface area contributed by atoms with E-state index in [0.29, 0.717) is 10.8 Å². The van der Waals surface area contributed by atoms with Gasteiger partial charge in [-0.3, -0.25) is 0 Å². The van der Waals surface area contributed by atoms with E-state index in [9.17, 15) is 0 Å². The lowest BCUT2D eigenvalue weighted by Crippen LogP contribution is -2.36. The maximum Gasteiger partial charge on any atom is 0.00385 e. The zero-order chi connectivity index (χ0) is 14.5. The van der Waals surface area contributed by atoms with Crippen molar-refractivity contribution in [1.29, 1.82) is 0 Å². The lowest BCUT2D eigenvalue weighted by molar-refractivity contribution is 0.0647. The molecule has 0 bridgehead atoms. The molecule has 1 aliphatic heterocycles. The minimum atomic E-state index is 0. The molecule has 0 aromatic rings.